The summed E-state index contributed by atoms with van der Waals surface area (Å²) in [7, 11) is 1.75. The van der Waals surface area contributed by atoms with E-state index in [1.54, 1.807) is 31.0 Å². The van der Waals surface area contributed by atoms with Crippen molar-refractivity contribution >= 4 is 27.6 Å². The lowest BCUT2D eigenvalue weighted by Gasteiger charge is -2.19. The first kappa shape index (κ1) is 13.5. The zero-order chi connectivity index (χ0) is 12.8. The lowest BCUT2D eigenvalue weighted by atomic mass is 10.2. The quantitative estimate of drug-likeness (QED) is 0.800. The largest absolute Gasteiger partial charge is 0.465 e. The number of carbonyl (C=O) groups excluding carboxylic acids is 1. The van der Waals surface area contributed by atoms with E-state index in [0.29, 0.717) is 22.3 Å². The first-order valence-electron chi connectivity index (χ1n) is 5.15. The number of ether oxygens (including phenoxy) is 1. The first-order valence-corrected chi connectivity index (χ1v) is 5.94. The number of nitrogens with zero attached hydrogens (tertiary/aromatic N) is 2. The smallest absolute Gasteiger partial charge is 0.325 e. The molecule has 0 heterocycles. The van der Waals surface area contributed by atoms with Gasteiger partial charge in [0.05, 0.1) is 17.9 Å². The maximum atomic E-state index is 11.4. The molecule has 0 saturated carbocycles. The number of halogens is 1. The standard InChI is InChI=1S/C12H13BrN2O2/c1-3-17-12(16)8-15(2)11-6-4-5-10(13)9(11)7-14/h4-6H,3,8H2,1-2H3. The van der Waals surface area contributed by atoms with Gasteiger partial charge in [0.25, 0.3) is 0 Å². The van der Waals surface area contributed by atoms with Crippen LogP contribution in [0.2, 0.25) is 0 Å². The van der Waals surface area contributed by atoms with Crippen LogP contribution in [-0.2, 0) is 9.53 Å². The van der Waals surface area contributed by atoms with Crippen LogP contribution < -0.4 is 4.90 Å². The molecule has 90 valence electrons. The van der Waals surface area contributed by atoms with Crippen molar-refractivity contribution in [3.8, 4) is 6.07 Å². The van der Waals surface area contributed by atoms with Gasteiger partial charge >= 0.3 is 5.97 Å². The van der Waals surface area contributed by atoms with E-state index >= 15 is 0 Å². The average Bonchev–Trinajstić information content (AvgIpc) is 2.28. The van der Waals surface area contributed by atoms with Crippen LogP contribution in [0, 0.1) is 11.3 Å². The van der Waals surface area contributed by atoms with Gasteiger partial charge in [0.1, 0.15) is 12.6 Å². The van der Waals surface area contributed by atoms with Gasteiger partial charge in [-0.25, -0.2) is 0 Å². The summed E-state index contributed by atoms with van der Waals surface area (Å²) < 4.78 is 5.58. The predicted molar refractivity (Wildman–Crippen MR) is 68.8 cm³/mol. The number of carbonyl (C=O) groups is 1. The molecular formula is C12H13BrN2O2. The zero-order valence-electron chi connectivity index (χ0n) is 9.74. The second kappa shape index (κ2) is 6.26. The molecule has 0 N–H and O–H groups in total. The van der Waals surface area contributed by atoms with Crippen LogP contribution in [0.25, 0.3) is 0 Å². The highest BCUT2D eigenvalue weighted by molar-refractivity contribution is 9.10. The molecule has 4 nitrogen and oxygen atoms in total. The number of esters is 1. The lowest BCUT2D eigenvalue weighted by Crippen LogP contribution is -2.27. The van der Waals surface area contributed by atoms with Crippen molar-refractivity contribution in [2.45, 2.75) is 6.92 Å². The second-order valence-corrected chi connectivity index (χ2v) is 4.26. The van der Waals surface area contributed by atoms with Crippen LogP contribution in [0.15, 0.2) is 22.7 Å². The Bertz CT molecular complexity index is 454. The number of hydrogen-bond donors (Lipinski definition) is 0. The minimum atomic E-state index is -0.307. The summed E-state index contributed by atoms with van der Waals surface area (Å²) in [5.74, 6) is -0.307. The Morgan fingerprint density at radius 1 is 1.59 bits per heavy atom. The molecule has 1 rings (SSSR count). The third-order valence-corrected chi connectivity index (χ3v) is 2.85. The van der Waals surface area contributed by atoms with E-state index in [9.17, 15) is 4.79 Å². The highest BCUT2D eigenvalue weighted by atomic mass is 79.9. The minimum Gasteiger partial charge on any atom is -0.465 e. The molecule has 0 unspecified atom stereocenters. The molecule has 0 fully saturated rings. The van der Waals surface area contributed by atoms with Crippen LogP contribution >= 0.6 is 15.9 Å². The van der Waals surface area contributed by atoms with Crippen molar-refractivity contribution in [1.29, 1.82) is 5.26 Å². The maximum Gasteiger partial charge on any atom is 0.325 e. The molecule has 5 heteroatoms. The van der Waals surface area contributed by atoms with E-state index in [1.165, 1.54) is 0 Å². The number of benzene rings is 1. The van der Waals surface area contributed by atoms with Gasteiger partial charge in [-0.2, -0.15) is 5.26 Å². The molecule has 17 heavy (non-hydrogen) atoms. The molecule has 0 aliphatic heterocycles. The maximum absolute atomic E-state index is 11.4. The third-order valence-electron chi connectivity index (χ3n) is 2.19. The van der Waals surface area contributed by atoms with Gasteiger partial charge in [0.15, 0.2) is 0 Å². The number of hydrogen-bond acceptors (Lipinski definition) is 4. The van der Waals surface area contributed by atoms with Crippen LogP contribution in [0.3, 0.4) is 0 Å². The van der Waals surface area contributed by atoms with Gasteiger partial charge < -0.3 is 9.64 Å². The topological polar surface area (TPSA) is 53.3 Å². The first-order chi connectivity index (χ1) is 8.10. The Labute approximate surface area is 109 Å². The molecule has 1 aromatic rings. The van der Waals surface area contributed by atoms with Gasteiger partial charge in [-0.3, -0.25) is 4.79 Å². The Balaban J connectivity index is 2.90. The molecule has 0 spiro atoms. The Hall–Kier alpha value is -1.54. The molecule has 0 aromatic heterocycles. The van der Waals surface area contributed by atoms with Gasteiger partial charge in [-0.05, 0) is 35.0 Å². The Morgan fingerprint density at radius 2 is 2.29 bits per heavy atom. The molecule has 1 aromatic carbocycles. The monoisotopic (exact) mass is 296 g/mol. The van der Waals surface area contributed by atoms with Crippen molar-refractivity contribution in [1.82, 2.24) is 0 Å². The molecule has 0 saturated heterocycles. The van der Waals surface area contributed by atoms with E-state index in [-0.39, 0.29) is 12.5 Å². The van der Waals surface area contributed by atoms with Crippen molar-refractivity contribution in [2.24, 2.45) is 0 Å². The van der Waals surface area contributed by atoms with E-state index in [1.807, 2.05) is 6.07 Å². The van der Waals surface area contributed by atoms with Gasteiger partial charge in [-0.15, -0.1) is 0 Å². The molecule has 0 aliphatic rings. The van der Waals surface area contributed by atoms with Gasteiger partial charge in [0, 0.05) is 11.5 Å². The minimum absolute atomic E-state index is 0.124. The van der Waals surface area contributed by atoms with E-state index < -0.39 is 0 Å². The van der Waals surface area contributed by atoms with Crippen molar-refractivity contribution in [3.63, 3.8) is 0 Å². The predicted octanol–water partition coefficient (Wildman–Crippen LogP) is 2.32. The summed E-state index contributed by atoms with van der Waals surface area (Å²) >= 11 is 3.31. The third kappa shape index (κ3) is 3.46. The van der Waals surface area contributed by atoms with Crippen LogP contribution in [0.4, 0.5) is 5.69 Å². The molecule has 0 atom stereocenters. The van der Waals surface area contributed by atoms with Crippen LogP contribution in [0.5, 0.6) is 0 Å². The van der Waals surface area contributed by atoms with Crippen LogP contribution in [0.1, 0.15) is 12.5 Å². The second-order valence-electron chi connectivity index (χ2n) is 3.41. The molecule has 0 radical (unpaired) electrons. The van der Waals surface area contributed by atoms with Crippen LogP contribution in [-0.4, -0.2) is 26.2 Å². The normalized spacial score (nSPS) is 9.53. The van der Waals surface area contributed by atoms with E-state index in [0.717, 1.165) is 0 Å². The summed E-state index contributed by atoms with van der Waals surface area (Å²) in [6.07, 6.45) is 0. The highest BCUT2D eigenvalue weighted by Gasteiger charge is 2.13. The van der Waals surface area contributed by atoms with E-state index in [4.69, 9.17) is 10.00 Å². The molecule has 0 aliphatic carbocycles. The summed E-state index contributed by atoms with van der Waals surface area (Å²) in [5, 5.41) is 9.06. The Morgan fingerprint density at radius 3 is 2.88 bits per heavy atom. The fourth-order valence-electron chi connectivity index (χ4n) is 1.43. The van der Waals surface area contributed by atoms with Crippen molar-refractivity contribution in [3.05, 3.63) is 28.2 Å². The molecule has 0 amide bonds. The van der Waals surface area contributed by atoms with Gasteiger partial charge in [-0.1, -0.05) is 6.07 Å². The number of anilines is 1. The van der Waals surface area contributed by atoms with E-state index in [2.05, 4.69) is 22.0 Å². The lowest BCUT2D eigenvalue weighted by molar-refractivity contribution is -0.141. The summed E-state index contributed by atoms with van der Waals surface area (Å²) in [5.41, 5.74) is 1.22. The average molecular weight is 297 g/mol. The number of nitriles is 1. The molecular weight excluding hydrogens is 284 g/mol. The highest BCUT2D eigenvalue weighted by Crippen LogP contribution is 2.26. The SMILES string of the molecule is CCOC(=O)CN(C)c1cccc(Br)c1C#N. The van der Waals surface area contributed by atoms with Crippen molar-refractivity contribution < 1.29 is 9.53 Å². The van der Waals surface area contributed by atoms with Gasteiger partial charge in [0.2, 0.25) is 0 Å². The summed E-state index contributed by atoms with van der Waals surface area (Å²) in [6, 6.07) is 7.52. The molecule has 0 bridgehead atoms. The fraction of sp³-hybridized carbons (Fsp3) is 0.333. The number of likely N-dealkylation sites (N-methyl/N-ethyl adjacent to an activating group) is 1. The summed E-state index contributed by atoms with van der Waals surface area (Å²) in [6.45, 7) is 2.24. The number of rotatable bonds is 4. The summed E-state index contributed by atoms with van der Waals surface area (Å²) in [4.78, 5) is 13.0. The fourth-order valence-corrected chi connectivity index (χ4v) is 1.87. The van der Waals surface area contributed by atoms with Crippen molar-refractivity contribution in [2.75, 3.05) is 25.1 Å². The Kier molecular flexibility index (Phi) is 4.98. The zero-order valence-corrected chi connectivity index (χ0v) is 11.3.